The third-order valence-electron chi connectivity index (χ3n) is 4.64. The number of aromatic nitrogens is 5. The minimum atomic E-state index is -4.60. The fraction of sp³-hybridized carbons (Fsp3) is 0.412. The number of alkyl halides is 3. The largest absolute Gasteiger partial charge is 0.453 e. The van der Waals surface area contributed by atoms with Crippen molar-refractivity contribution in [2.75, 3.05) is 24.5 Å². The molecule has 142 valence electrons. The molecule has 1 saturated heterocycles. The maximum atomic E-state index is 13.1. The van der Waals surface area contributed by atoms with Gasteiger partial charge in [0.1, 0.15) is 5.82 Å². The molecular formula is C17H18F3N7. The van der Waals surface area contributed by atoms with E-state index in [-0.39, 0.29) is 11.7 Å². The summed E-state index contributed by atoms with van der Waals surface area (Å²) in [7, 11) is 0. The highest BCUT2D eigenvalue weighted by Crippen LogP contribution is 2.28. The number of rotatable bonds is 3. The van der Waals surface area contributed by atoms with Crippen molar-refractivity contribution in [3.8, 4) is 0 Å². The van der Waals surface area contributed by atoms with Crippen LogP contribution in [0, 0.1) is 0 Å². The molecule has 1 aliphatic heterocycles. The first-order chi connectivity index (χ1) is 12.9. The topological polar surface area (TPSA) is 62.5 Å². The van der Waals surface area contributed by atoms with Gasteiger partial charge in [-0.25, -0.2) is 0 Å². The number of nitrogens with zero attached hydrogens (tertiary/aromatic N) is 7. The smallest absolute Gasteiger partial charge is 0.350 e. The van der Waals surface area contributed by atoms with Gasteiger partial charge in [0, 0.05) is 44.6 Å². The monoisotopic (exact) mass is 377 g/mol. The Kier molecular flexibility index (Phi) is 4.42. The zero-order valence-electron chi connectivity index (χ0n) is 14.6. The zero-order valence-corrected chi connectivity index (χ0v) is 14.6. The summed E-state index contributed by atoms with van der Waals surface area (Å²) in [6.07, 6.45) is -1.01. The van der Waals surface area contributed by atoms with E-state index in [4.69, 9.17) is 0 Å². The normalized spacial score (nSPS) is 19.0. The Morgan fingerprint density at radius 3 is 2.70 bits per heavy atom. The van der Waals surface area contributed by atoms with Gasteiger partial charge in [-0.2, -0.15) is 17.7 Å². The summed E-state index contributed by atoms with van der Waals surface area (Å²) in [5.41, 5.74) is 1.21. The average molecular weight is 377 g/mol. The van der Waals surface area contributed by atoms with Crippen molar-refractivity contribution in [3.05, 3.63) is 48.0 Å². The molecule has 1 aliphatic rings. The molecule has 27 heavy (non-hydrogen) atoms. The molecular weight excluding hydrogens is 359 g/mol. The Labute approximate surface area is 153 Å². The van der Waals surface area contributed by atoms with Crippen LogP contribution in [0.25, 0.3) is 5.65 Å². The highest BCUT2D eigenvalue weighted by molar-refractivity contribution is 5.47. The number of fused-ring (bicyclic) bond motifs is 1. The van der Waals surface area contributed by atoms with E-state index in [1.54, 1.807) is 12.3 Å². The number of halogens is 3. The van der Waals surface area contributed by atoms with E-state index in [9.17, 15) is 13.2 Å². The molecule has 4 heterocycles. The highest BCUT2D eigenvalue weighted by atomic mass is 19.4. The number of anilines is 1. The van der Waals surface area contributed by atoms with E-state index in [1.165, 1.54) is 6.07 Å². The lowest BCUT2D eigenvalue weighted by molar-refractivity contribution is -0.146. The molecule has 3 aromatic rings. The lowest BCUT2D eigenvalue weighted by Crippen LogP contribution is -2.52. The minimum Gasteiger partial charge on any atom is -0.350 e. The molecule has 0 N–H and O–H groups in total. The quantitative estimate of drug-likeness (QED) is 0.698. The van der Waals surface area contributed by atoms with E-state index in [1.807, 2.05) is 30.2 Å². The fourth-order valence-electron chi connectivity index (χ4n) is 3.38. The molecule has 1 fully saturated rings. The van der Waals surface area contributed by atoms with Crippen molar-refractivity contribution in [1.82, 2.24) is 29.7 Å². The molecule has 0 spiro atoms. The van der Waals surface area contributed by atoms with Gasteiger partial charge in [0.05, 0.1) is 0 Å². The van der Waals surface area contributed by atoms with Crippen molar-refractivity contribution < 1.29 is 13.2 Å². The molecule has 0 saturated carbocycles. The molecule has 0 amide bonds. The zero-order chi connectivity index (χ0) is 19.0. The Morgan fingerprint density at radius 1 is 1.15 bits per heavy atom. The van der Waals surface area contributed by atoms with Crippen molar-refractivity contribution in [2.24, 2.45) is 0 Å². The Morgan fingerprint density at radius 2 is 2.00 bits per heavy atom. The van der Waals surface area contributed by atoms with Gasteiger partial charge in [-0.1, -0.05) is 6.07 Å². The molecule has 0 unspecified atom stereocenters. The van der Waals surface area contributed by atoms with Gasteiger partial charge in [-0.15, -0.1) is 15.3 Å². The third kappa shape index (κ3) is 3.57. The highest BCUT2D eigenvalue weighted by Gasteiger charge is 2.38. The average Bonchev–Trinajstić information content (AvgIpc) is 3.06. The van der Waals surface area contributed by atoms with Crippen molar-refractivity contribution in [1.29, 1.82) is 0 Å². The van der Waals surface area contributed by atoms with Crippen LogP contribution in [-0.4, -0.2) is 55.4 Å². The van der Waals surface area contributed by atoms with Crippen LogP contribution >= 0.6 is 0 Å². The van der Waals surface area contributed by atoms with Crippen LogP contribution in [0.2, 0.25) is 0 Å². The molecule has 0 radical (unpaired) electrons. The van der Waals surface area contributed by atoms with E-state index in [0.29, 0.717) is 12.4 Å². The second-order valence-electron chi connectivity index (χ2n) is 6.62. The predicted molar refractivity (Wildman–Crippen MR) is 92.1 cm³/mol. The van der Waals surface area contributed by atoms with Gasteiger partial charge in [0.25, 0.3) is 5.82 Å². The third-order valence-corrected chi connectivity index (χ3v) is 4.64. The van der Waals surface area contributed by atoms with Gasteiger partial charge in [-0.05, 0) is 30.7 Å². The summed E-state index contributed by atoms with van der Waals surface area (Å²) in [6.45, 7) is 5.07. The van der Waals surface area contributed by atoms with E-state index < -0.39 is 12.0 Å². The first-order valence-corrected chi connectivity index (χ1v) is 8.59. The summed E-state index contributed by atoms with van der Waals surface area (Å²) in [5, 5.41) is 10.9. The fourth-order valence-corrected chi connectivity index (χ4v) is 3.38. The molecule has 10 heteroatoms. The summed E-state index contributed by atoms with van der Waals surface area (Å²) < 4.78 is 40.0. The SMILES string of the molecule is C[C@H]1CN(Cc2cccnc2)CCN1c1ccc2nnc(C(F)(F)F)n2n1. The molecule has 4 rings (SSSR count). The second kappa shape index (κ2) is 6.76. The molecule has 3 aromatic heterocycles. The maximum absolute atomic E-state index is 13.1. The maximum Gasteiger partial charge on any atom is 0.453 e. The summed E-state index contributed by atoms with van der Waals surface area (Å²) >= 11 is 0. The van der Waals surface area contributed by atoms with Crippen LogP contribution in [0.4, 0.5) is 19.0 Å². The molecule has 0 aliphatic carbocycles. The standard InChI is InChI=1S/C17H18F3N7/c1-12-10-25(11-13-3-2-6-21-9-13)7-8-26(12)15-5-4-14-22-23-16(17(18,19)20)27(14)24-15/h2-6,9,12H,7-8,10-11H2,1H3/t12-/m0/s1. The predicted octanol–water partition coefficient (Wildman–Crippen LogP) is 2.25. The van der Waals surface area contributed by atoms with E-state index in [2.05, 4.69) is 25.2 Å². The minimum absolute atomic E-state index is 0.0777. The summed E-state index contributed by atoms with van der Waals surface area (Å²) in [6, 6.07) is 7.25. The van der Waals surface area contributed by atoms with Gasteiger partial charge < -0.3 is 4.90 Å². The number of hydrogen-bond donors (Lipinski definition) is 0. The Hall–Kier alpha value is -2.75. The lowest BCUT2D eigenvalue weighted by Gasteiger charge is -2.40. The van der Waals surface area contributed by atoms with Crippen LogP contribution in [0.5, 0.6) is 0 Å². The van der Waals surface area contributed by atoms with Crippen molar-refractivity contribution >= 4 is 11.5 Å². The molecule has 0 aromatic carbocycles. The number of piperazine rings is 1. The molecule has 1 atom stereocenters. The Balaban J connectivity index is 1.52. The van der Waals surface area contributed by atoms with Crippen molar-refractivity contribution in [2.45, 2.75) is 25.7 Å². The summed E-state index contributed by atoms with van der Waals surface area (Å²) in [5.74, 6) is -0.622. The Bertz CT molecular complexity index is 925. The van der Waals surface area contributed by atoms with Crippen LogP contribution in [-0.2, 0) is 12.7 Å². The number of pyridine rings is 1. The second-order valence-corrected chi connectivity index (χ2v) is 6.62. The number of hydrogen-bond acceptors (Lipinski definition) is 6. The lowest BCUT2D eigenvalue weighted by atomic mass is 10.1. The van der Waals surface area contributed by atoms with Gasteiger partial charge in [-0.3, -0.25) is 9.88 Å². The van der Waals surface area contributed by atoms with Crippen LogP contribution in [0.3, 0.4) is 0 Å². The summed E-state index contributed by atoms with van der Waals surface area (Å²) in [4.78, 5) is 8.45. The van der Waals surface area contributed by atoms with Gasteiger partial charge >= 0.3 is 6.18 Å². The van der Waals surface area contributed by atoms with E-state index in [0.717, 1.165) is 29.7 Å². The molecule has 0 bridgehead atoms. The van der Waals surface area contributed by atoms with Crippen LogP contribution in [0.1, 0.15) is 18.3 Å². The van der Waals surface area contributed by atoms with Crippen LogP contribution in [0.15, 0.2) is 36.7 Å². The van der Waals surface area contributed by atoms with Gasteiger partial charge in [0.15, 0.2) is 5.65 Å². The molecule has 7 nitrogen and oxygen atoms in total. The van der Waals surface area contributed by atoms with Gasteiger partial charge in [0.2, 0.25) is 0 Å². The van der Waals surface area contributed by atoms with Crippen LogP contribution < -0.4 is 4.90 Å². The first-order valence-electron chi connectivity index (χ1n) is 8.59. The first kappa shape index (κ1) is 17.7. The van der Waals surface area contributed by atoms with Crippen molar-refractivity contribution in [3.63, 3.8) is 0 Å². The van der Waals surface area contributed by atoms with E-state index >= 15 is 0 Å².